The standard InChI is InChI=1S/C22H26F2N4O2/c1-26-11-15(10-25-26)14-3-4-17-19(9-14)30-20-13-28(12-18(20)27(2)21(17)29)16-5-7-22(23,24)8-6-16/h3-4,9-11,16,18,20H,5-8,12-13H2,1-2H3/t18-,20+/m1/s1. The quantitative estimate of drug-likeness (QED) is 0.755. The lowest BCUT2D eigenvalue weighted by atomic mass is 9.91. The Bertz CT molecular complexity index is 966. The normalized spacial score (nSPS) is 26.8. The van der Waals surface area contributed by atoms with E-state index < -0.39 is 5.92 Å². The summed E-state index contributed by atoms with van der Waals surface area (Å²) in [6.07, 6.45) is 4.40. The van der Waals surface area contributed by atoms with Crippen molar-refractivity contribution in [1.82, 2.24) is 19.6 Å². The molecule has 2 fully saturated rings. The van der Waals surface area contributed by atoms with E-state index in [1.807, 2.05) is 38.5 Å². The average Bonchev–Trinajstić information content (AvgIpc) is 3.31. The molecule has 8 heteroatoms. The lowest BCUT2D eigenvalue weighted by molar-refractivity contribution is -0.0523. The molecule has 1 saturated heterocycles. The fourth-order valence-corrected chi connectivity index (χ4v) is 5.01. The molecule has 2 atom stereocenters. The van der Waals surface area contributed by atoms with Crippen LogP contribution in [0.4, 0.5) is 8.78 Å². The molecule has 0 bridgehead atoms. The molecule has 1 aromatic heterocycles. The van der Waals surface area contributed by atoms with Crippen molar-refractivity contribution in [2.45, 2.75) is 49.8 Å². The largest absolute Gasteiger partial charge is 0.486 e. The number of halogens is 2. The van der Waals surface area contributed by atoms with Gasteiger partial charge in [-0.25, -0.2) is 8.78 Å². The molecule has 1 aliphatic carbocycles. The van der Waals surface area contributed by atoms with Gasteiger partial charge in [-0.3, -0.25) is 14.4 Å². The summed E-state index contributed by atoms with van der Waals surface area (Å²) in [4.78, 5) is 17.1. The second-order valence-corrected chi connectivity index (χ2v) is 8.79. The summed E-state index contributed by atoms with van der Waals surface area (Å²) in [5, 5.41) is 4.22. The van der Waals surface area contributed by atoms with Crippen LogP contribution in [0.5, 0.6) is 5.75 Å². The van der Waals surface area contributed by atoms with Gasteiger partial charge in [-0.15, -0.1) is 0 Å². The molecule has 30 heavy (non-hydrogen) atoms. The predicted molar refractivity (Wildman–Crippen MR) is 108 cm³/mol. The third-order valence-electron chi connectivity index (χ3n) is 6.81. The van der Waals surface area contributed by atoms with Crippen LogP contribution in [0, 0.1) is 0 Å². The first-order valence-corrected chi connectivity index (χ1v) is 10.5. The van der Waals surface area contributed by atoms with Crippen LogP contribution in [-0.4, -0.2) is 69.7 Å². The number of hydrogen-bond donors (Lipinski definition) is 0. The van der Waals surface area contributed by atoms with Crippen LogP contribution in [-0.2, 0) is 7.05 Å². The predicted octanol–water partition coefficient (Wildman–Crippen LogP) is 3.18. The zero-order valence-electron chi connectivity index (χ0n) is 17.2. The van der Waals surface area contributed by atoms with E-state index in [2.05, 4.69) is 10.00 Å². The molecule has 160 valence electrons. The molecule has 0 N–H and O–H groups in total. The smallest absolute Gasteiger partial charge is 0.257 e. The van der Waals surface area contributed by atoms with Gasteiger partial charge in [-0.1, -0.05) is 6.07 Å². The Labute approximate surface area is 174 Å². The number of aromatic nitrogens is 2. The van der Waals surface area contributed by atoms with Gasteiger partial charge < -0.3 is 9.64 Å². The number of amides is 1. The molecule has 1 saturated carbocycles. The summed E-state index contributed by atoms with van der Waals surface area (Å²) in [5.41, 5.74) is 2.46. The minimum Gasteiger partial charge on any atom is -0.486 e. The highest BCUT2D eigenvalue weighted by molar-refractivity contribution is 5.98. The van der Waals surface area contributed by atoms with Crippen molar-refractivity contribution in [3.63, 3.8) is 0 Å². The first kappa shape index (κ1) is 19.5. The van der Waals surface area contributed by atoms with Gasteiger partial charge >= 0.3 is 0 Å². The van der Waals surface area contributed by atoms with E-state index >= 15 is 0 Å². The number of carbonyl (C=O) groups is 1. The monoisotopic (exact) mass is 416 g/mol. The lowest BCUT2D eigenvalue weighted by Gasteiger charge is -2.34. The van der Waals surface area contributed by atoms with Gasteiger partial charge in [-0.05, 0) is 30.5 Å². The summed E-state index contributed by atoms with van der Waals surface area (Å²) in [5.74, 6) is -2.02. The number of nitrogens with zero attached hydrogens (tertiary/aromatic N) is 4. The van der Waals surface area contributed by atoms with Crippen molar-refractivity contribution in [3.8, 4) is 16.9 Å². The van der Waals surface area contributed by atoms with Gasteiger partial charge in [0.05, 0.1) is 17.8 Å². The number of hydrogen-bond acceptors (Lipinski definition) is 4. The van der Waals surface area contributed by atoms with Crippen LogP contribution >= 0.6 is 0 Å². The highest BCUT2D eigenvalue weighted by Gasteiger charge is 2.46. The van der Waals surface area contributed by atoms with Crippen LogP contribution < -0.4 is 4.74 Å². The zero-order chi connectivity index (χ0) is 21.0. The van der Waals surface area contributed by atoms with E-state index in [1.165, 1.54) is 0 Å². The third-order valence-corrected chi connectivity index (χ3v) is 6.81. The van der Waals surface area contributed by atoms with E-state index in [-0.39, 0.29) is 36.9 Å². The van der Waals surface area contributed by atoms with Gasteiger partial charge in [0, 0.05) is 57.8 Å². The molecule has 1 aromatic carbocycles. The van der Waals surface area contributed by atoms with Crippen molar-refractivity contribution in [2.24, 2.45) is 7.05 Å². The maximum Gasteiger partial charge on any atom is 0.257 e. The fourth-order valence-electron chi connectivity index (χ4n) is 5.01. The van der Waals surface area contributed by atoms with Gasteiger partial charge in [-0.2, -0.15) is 5.10 Å². The molecule has 0 unspecified atom stereocenters. The van der Waals surface area contributed by atoms with E-state index in [4.69, 9.17) is 4.74 Å². The second-order valence-electron chi connectivity index (χ2n) is 8.79. The Morgan fingerprint density at radius 2 is 1.90 bits per heavy atom. The maximum absolute atomic E-state index is 13.6. The van der Waals surface area contributed by atoms with E-state index in [9.17, 15) is 13.6 Å². The minimum atomic E-state index is -2.54. The van der Waals surface area contributed by atoms with Gasteiger partial charge in [0.1, 0.15) is 11.9 Å². The number of likely N-dealkylation sites (tertiary alicyclic amines) is 1. The summed E-state index contributed by atoms with van der Waals surface area (Å²) < 4.78 is 35.2. The van der Waals surface area contributed by atoms with Gasteiger partial charge in [0.15, 0.2) is 0 Å². The Hall–Kier alpha value is -2.48. The number of rotatable bonds is 2. The Balaban J connectivity index is 1.39. The second kappa shape index (κ2) is 7.04. The summed E-state index contributed by atoms with van der Waals surface area (Å²) in [7, 11) is 3.67. The van der Waals surface area contributed by atoms with E-state index in [0.29, 0.717) is 37.2 Å². The number of likely N-dealkylation sites (N-methyl/N-ethyl adjacent to an activating group) is 1. The number of carbonyl (C=O) groups excluding carboxylic acids is 1. The highest BCUT2D eigenvalue weighted by atomic mass is 19.3. The maximum atomic E-state index is 13.6. The molecule has 0 radical (unpaired) electrons. The van der Waals surface area contributed by atoms with Crippen LogP contribution in [0.1, 0.15) is 36.0 Å². The molecule has 2 aromatic rings. The average molecular weight is 416 g/mol. The molecule has 1 amide bonds. The SMILES string of the molecule is CN1C(=O)c2ccc(-c3cnn(C)c3)cc2O[C@H]2CN(C3CCC(F)(F)CC3)C[C@H]21. The van der Waals surface area contributed by atoms with Crippen LogP contribution in [0.25, 0.3) is 11.1 Å². The van der Waals surface area contributed by atoms with Gasteiger partial charge in [0.2, 0.25) is 5.92 Å². The fraction of sp³-hybridized carbons (Fsp3) is 0.545. The summed E-state index contributed by atoms with van der Waals surface area (Å²) >= 11 is 0. The Kier molecular flexibility index (Phi) is 4.57. The van der Waals surface area contributed by atoms with Crippen molar-refractivity contribution in [3.05, 3.63) is 36.2 Å². The Morgan fingerprint density at radius 3 is 2.60 bits per heavy atom. The number of alkyl halides is 2. The lowest BCUT2D eigenvalue weighted by Crippen LogP contribution is -2.44. The van der Waals surface area contributed by atoms with Crippen LogP contribution in [0.3, 0.4) is 0 Å². The number of benzene rings is 1. The van der Waals surface area contributed by atoms with Crippen molar-refractivity contribution in [1.29, 1.82) is 0 Å². The van der Waals surface area contributed by atoms with E-state index in [0.717, 1.165) is 11.1 Å². The molecular weight excluding hydrogens is 390 g/mol. The topological polar surface area (TPSA) is 50.6 Å². The molecule has 3 heterocycles. The highest BCUT2D eigenvalue weighted by Crippen LogP contribution is 2.38. The number of ether oxygens (including phenoxy) is 1. The third kappa shape index (κ3) is 3.37. The van der Waals surface area contributed by atoms with Crippen molar-refractivity contribution >= 4 is 5.91 Å². The molecular formula is C22H26F2N4O2. The minimum absolute atomic E-state index is 0.0591. The first-order valence-electron chi connectivity index (χ1n) is 10.5. The van der Waals surface area contributed by atoms with Crippen LogP contribution in [0.2, 0.25) is 0 Å². The Morgan fingerprint density at radius 1 is 1.13 bits per heavy atom. The number of aryl methyl sites for hydroxylation is 1. The molecule has 3 aliphatic rings. The first-order chi connectivity index (χ1) is 14.3. The number of fused-ring (bicyclic) bond motifs is 2. The van der Waals surface area contributed by atoms with Gasteiger partial charge in [0.25, 0.3) is 5.91 Å². The summed E-state index contributed by atoms with van der Waals surface area (Å²) in [6, 6.07) is 5.68. The van der Waals surface area contributed by atoms with Crippen molar-refractivity contribution < 1.29 is 18.3 Å². The van der Waals surface area contributed by atoms with E-state index in [1.54, 1.807) is 15.8 Å². The van der Waals surface area contributed by atoms with Crippen LogP contribution in [0.15, 0.2) is 30.6 Å². The molecule has 6 nitrogen and oxygen atoms in total. The zero-order valence-corrected chi connectivity index (χ0v) is 17.2. The molecule has 0 spiro atoms. The van der Waals surface area contributed by atoms with Crippen molar-refractivity contribution in [2.75, 3.05) is 20.1 Å². The molecule has 5 rings (SSSR count). The summed E-state index contributed by atoms with van der Waals surface area (Å²) in [6.45, 7) is 1.31. The molecule has 2 aliphatic heterocycles.